The summed E-state index contributed by atoms with van der Waals surface area (Å²) in [6.45, 7) is -0.593. The first-order chi connectivity index (χ1) is 24.7. The fourth-order valence-corrected chi connectivity index (χ4v) is 6.06. The number of esters is 1. The Morgan fingerprint density at radius 2 is 1.31 bits per heavy atom. The topological polar surface area (TPSA) is 95.1 Å². The third-order valence-electron chi connectivity index (χ3n) is 8.47. The molecule has 52 heavy (non-hydrogen) atoms. The molecule has 1 saturated carbocycles. The molecule has 14 heteroatoms. The van der Waals surface area contributed by atoms with Gasteiger partial charge in [-0.15, -0.1) is 0 Å². The summed E-state index contributed by atoms with van der Waals surface area (Å²) in [6, 6.07) is 18.0. The quantitative estimate of drug-likeness (QED) is 0.0770. The van der Waals surface area contributed by atoms with Gasteiger partial charge in [0.2, 0.25) is 0 Å². The van der Waals surface area contributed by atoms with Gasteiger partial charge in [0.05, 0.1) is 18.8 Å². The number of urea groups is 1. The molecule has 0 heterocycles. The number of ether oxygens (including phenoxy) is 4. The second-order valence-corrected chi connectivity index (χ2v) is 12.6. The SMILES string of the molecule is CCOC(=O)CCCCCOc1ccc(CC(NC(=O)NC2CCCC2)(c2cccc(OCC(F)(F)F)c2)c2cccc(OCC(F)(F)F)c2)cc1. The number of carbonyl (C=O) groups is 2. The number of benzene rings is 3. The van der Waals surface area contributed by atoms with E-state index in [4.69, 9.17) is 18.9 Å². The zero-order chi connectivity index (χ0) is 37.6. The minimum absolute atomic E-state index is 0.0324. The van der Waals surface area contributed by atoms with Gasteiger partial charge in [-0.2, -0.15) is 26.3 Å². The van der Waals surface area contributed by atoms with Crippen molar-refractivity contribution in [2.45, 2.75) is 88.6 Å². The van der Waals surface area contributed by atoms with Crippen molar-refractivity contribution in [1.29, 1.82) is 0 Å². The molecule has 0 unspecified atom stereocenters. The van der Waals surface area contributed by atoms with Gasteiger partial charge in [-0.3, -0.25) is 4.79 Å². The predicted molar refractivity (Wildman–Crippen MR) is 181 cm³/mol. The summed E-state index contributed by atoms with van der Waals surface area (Å²) in [4.78, 5) is 25.3. The van der Waals surface area contributed by atoms with E-state index in [1.807, 2.05) is 0 Å². The Bertz CT molecular complexity index is 1510. The smallest absolute Gasteiger partial charge is 0.422 e. The number of halogens is 6. The molecule has 3 aromatic rings. The highest BCUT2D eigenvalue weighted by Gasteiger charge is 2.38. The number of unbranched alkanes of at least 4 members (excludes halogenated alkanes) is 2. The molecular weight excluding hydrogens is 694 g/mol. The number of carbonyl (C=O) groups excluding carboxylic acids is 2. The molecule has 0 atom stereocenters. The third-order valence-corrected chi connectivity index (χ3v) is 8.47. The highest BCUT2D eigenvalue weighted by molar-refractivity contribution is 5.76. The first kappa shape index (κ1) is 40.2. The summed E-state index contributed by atoms with van der Waals surface area (Å²) < 4.78 is 99.6. The van der Waals surface area contributed by atoms with E-state index in [1.54, 1.807) is 43.3 Å². The van der Waals surface area contributed by atoms with Crippen molar-refractivity contribution in [3.05, 3.63) is 89.5 Å². The Hall–Kier alpha value is -4.62. The lowest BCUT2D eigenvalue weighted by Crippen LogP contribution is -2.53. The summed E-state index contributed by atoms with van der Waals surface area (Å²) in [6.07, 6.45) is -3.26. The van der Waals surface area contributed by atoms with E-state index in [1.165, 1.54) is 36.4 Å². The number of rotatable bonds is 18. The number of alkyl halides is 6. The van der Waals surface area contributed by atoms with E-state index in [0.717, 1.165) is 32.1 Å². The molecule has 4 rings (SSSR count). The fraction of sp³-hybridized carbons (Fsp3) is 0.474. The van der Waals surface area contributed by atoms with Crippen molar-refractivity contribution in [1.82, 2.24) is 10.6 Å². The van der Waals surface area contributed by atoms with E-state index in [-0.39, 0.29) is 29.9 Å². The van der Waals surface area contributed by atoms with Gasteiger partial charge < -0.3 is 29.6 Å². The number of hydrogen-bond acceptors (Lipinski definition) is 6. The number of hydrogen-bond donors (Lipinski definition) is 2. The van der Waals surface area contributed by atoms with Gasteiger partial charge in [0.15, 0.2) is 13.2 Å². The Morgan fingerprint density at radius 1 is 0.731 bits per heavy atom. The highest BCUT2D eigenvalue weighted by Crippen LogP contribution is 2.38. The van der Waals surface area contributed by atoms with Gasteiger partial charge in [-0.05, 0) is 92.1 Å². The minimum atomic E-state index is -4.61. The summed E-state index contributed by atoms with van der Waals surface area (Å²) in [5.74, 6) is 0.0962. The zero-order valence-corrected chi connectivity index (χ0v) is 28.9. The highest BCUT2D eigenvalue weighted by atomic mass is 19.4. The van der Waals surface area contributed by atoms with Gasteiger partial charge in [0.25, 0.3) is 0 Å². The van der Waals surface area contributed by atoms with Gasteiger partial charge in [0.1, 0.15) is 17.2 Å². The maximum atomic E-state index is 13.7. The second-order valence-electron chi connectivity index (χ2n) is 12.6. The molecule has 1 fully saturated rings. The maximum absolute atomic E-state index is 13.7. The Morgan fingerprint density at radius 3 is 1.85 bits per heavy atom. The van der Waals surface area contributed by atoms with Crippen LogP contribution in [0.1, 0.15) is 75.0 Å². The molecule has 0 aliphatic heterocycles. The molecule has 3 aromatic carbocycles. The lowest BCUT2D eigenvalue weighted by molar-refractivity contribution is -0.154. The molecule has 1 aliphatic carbocycles. The van der Waals surface area contributed by atoms with Gasteiger partial charge in [-0.25, -0.2) is 4.79 Å². The van der Waals surface area contributed by atoms with Crippen LogP contribution in [-0.2, 0) is 21.5 Å². The number of nitrogens with one attached hydrogen (secondary N) is 2. The first-order valence-corrected chi connectivity index (χ1v) is 17.3. The molecule has 2 amide bonds. The Kier molecular flexibility index (Phi) is 14.5. The van der Waals surface area contributed by atoms with Gasteiger partial charge >= 0.3 is 24.4 Å². The molecule has 0 aromatic heterocycles. The summed E-state index contributed by atoms with van der Waals surface area (Å²) in [7, 11) is 0. The first-order valence-electron chi connectivity index (χ1n) is 17.3. The van der Waals surface area contributed by atoms with Crippen LogP contribution < -0.4 is 24.8 Å². The van der Waals surface area contributed by atoms with E-state index < -0.39 is 37.1 Å². The molecule has 0 bridgehead atoms. The van der Waals surface area contributed by atoms with E-state index in [0.29, 0.717) is 54.9 Å². The zero-order valence-electron chi connectivity index (χ0n) is 28.9. The van der Waals surface area contributed by atoms with Crippen LogP contribution in [0.2, 0.25) is 0 Å². The molecule has 0 radical (unpaired) electrons. The Balaban J connectivity index is 1.66. The maximum Gasteiger partial charge on any atom is 0.422 e. The average molecular weight is 739 g/mol. The molecule has 8 nitrogen and oxygen atoms in total. The van der Waals surface area contributed by atoms with Crippen molar-refractivity contribution in [2.24, 2.45) is 0 Å². The van der Waals surface area contributed by atoms with Crippen LogP contribution in [0.3, 0.4) is 0 Å². The van der Waals surface area contributed by atoms with E-state index in [2.05, 4.69) is 10.6 Å². The molecule has 1 aliphatic rings. The van der Waals surface area contributed by atoms with Crippen LogP contribution in [0.4, 0.5) is 31.1 Å². The standard InChI is InChI=1S/C38H44F6N2O6/c1-2-49-34(47)16-4-3-7-21-50-31-19-17-27(18-20-31)24-36(46-35(48)45-30-12-5-6-13-30,28-10-8-14-32(22-28)51-25-37(39,40)41)29-11-9-15-33(23-29)52-26-38(42,43)44/h8-11,14-15,17-20,22-23,30H,2-7,12-13,16,21,24-26H2,1H3,(H2,45,46,48). The van der Waals surface area contributed by atoms with Crippen molar-refractivity contribution in [3.63, 3.8) is 0 Å². The lowest BCUT2D eigenvalue weighted by atomic mass is 9.77. The van der Waals surface area contributed by atoms with Crippen LogP contribution in [0, 0.1) is 0 Å². The Labute approximate surface area is 299 Å². The summed E-state index contributed by atoms with van der Waals surface area (Å²) in [5.41, 5.74) is -0.208. The van der Waals surface area contributed by atoms with Crippen molar-refractivity contribution >= 4 is 12.0 Å². The monoisotopic (exact) mass is 738 g/mol. The van der Waals surface area contributed by atoms with Crippen LogP contribution in [0.5, 0.6) is 17.2 Å². The molecule has 284 valence electrons. The second kappa shape index (κ2) is 18.7. The molecular formula is C38H44F6N2O6. The van der Waals surface area contributed by atoms with Crippen LogP contribution >= 0.6 is 0 Å². The molecule has 0 saturated heterocycles. The molecule has 0 spiro atoms. The van der Waals surface area contributed by atoms with Crippen LogP contribution in [0.15, 0.2) is 72.8 Å². The molecule has 2 N–H and O–H groups in total. The summed E-state index contributed by atoms with van der Waals surface area (Å²) in [5, 5.41) is 6.03. The van der Waals surface area contributed by atoms with Gasteiger partial charge in [0, 0.05) is 18.9 Å². The lowest BCUT2D eigenvalue weighted by Gasteiger charge is -2.37. The normalized spacial score (nSPS) is 13.8. The average Bonchev–Trinajstić information content (AvgIpc) is 3.61. The van der Waals surface area contributed by atoms with Gasteiger partial charge in [-0.1, -0.05) is 49.2 Å². The number of amides is 2. The van der Waals surface area contributed by atoms with Crippen molar-refractivity contribution in [3.8, 4) is 17.2 Å². The third kappa shape index (κ3) is 13.2. The van der Waals surface area contributed by atoms with E-state index >= 15 is 0 Å². The van der Waals surface area contributed by atoms with Crippen molar-refractivity contribution in [2.75, 3.05) is 26.4 Å². The van der Waals surface area contributed by atoms with Crippen LogP contribution in [-0.4, -0.2) is 56.8 Å². The fourth-order valence-electron chi connectivity index (χ4n) is 6.06. The largest absolute Gasteiger partial charge is 0.494 e. The predicted octanol–water partition coefficient (Wildman–Crippen LogP) is 8.80. The van der Waals surface area contributed by atoms with Crippen molar-refractivity contribution < 1.29 is 54.9 Å². The minimum Gasteiger partial charge on any atom is -0.494 e. The summed E-state index contributed by atoms with van der Waals surface area (Å²) >= 11 is 0. The van der Waals surface area contributed by atoms with Crippen LogP contribution in [0.25, 0.3) is 0 Å². The van der Waals surface area contributed by atoms with E-state index in [9.17, 15) is 35.9 Å².